The van der Waals surface area contributed by atoms with Crippen LogP contribution in [-0.4, -0.2) is 11.2 Å². The van der Waals surface area contributed by atoms with Crippen molar-refractivity contribution in [3.8, 4) is 6.07 Å². The zero-order valence-electron chi connectivity index (χ0n) is 8.58. The first-order chi connectivity index (χ1) is 7.31. The molecule has 0 aromatic rings. The molecular formula is C13H15NO. The molecule has 15 heavy (non-hydrogen) atoms. The van der Waals surface area contributed by atoms with Crippen LogP contribution in [0, 0.1) is 52.8 Å². The van der Waals surface area contributed by atoms with Crippen LogP contribution in [-0.2, 0) is 0 Å². The van der Waals surface area contributed by atoms with Crippen molar-refractivity contribution in [2.75, 3.05) is 0 Å². The minimum Gasteiger partial charge on any atom is -0.391 e. The number of aliphatic hydroxyl groups excluding tert-OH is 1. The highest BCUT2D eigenvalue weighted by Gasteiger charge is 2.64. The van der Waals surface area contributed by atoms with Gasteiger partial charge in [-0.15, -0.1) is 0 Å². The predicted molar refractivity (Wildman–Crippen MR) is 54.4 cm³/mol. The molecule has 0 saturated heterocycles. The number of nitrogens with zero attached hydrogens (tertiary/aromatic N) is 1. The molecule has 0 aliphatic heterocycles. The molecule has 0 radical (unpaired) electrons. The molecule has 3 fully saturated rings. The van der Waals surface area contributed by atoms with E-state index in [0.717, 1.165) is 24.2 Å². The molecule has 0 aromatic heterocycles. The fourth-order valence-electron chi connectivity index (χ4n) is 5.18. The summed E-state index contributed by atoms with van der Waals surface area (Å²) < 4.78 is 0. The highest BCUT2D eigenvalue weighted by atomic mass is 16.3. The van der Waals surface area contributed by atoms with E-state index in [4.69, 9.17) is 5.26 Å². The second-order valence-electron chi connectivity index (χ2n) is 5.81. The Morgan fingerprint density at radius 1 is 1.07 bits per heavy atom. The van der Waals surface area contributed by atoms with Gasteiger partial charge in [0.05, 0.1) is 18.1 Å². The molecule has 4 bridgehead atoms. The summed E-state index contributed by atoms with van der Waals surface area (Å²) in [7, 11) is 0. The quantitative estimate of drug-likeness (QED) is 0.477. The van der Waals surface area contributed by atoms with Crippen LogP contribution in [0.1, 0.15) is 12.8 Å². The average molecular weight is 201 g/mol. The minimum atomic E-state index is -0.325. The Balaban J connectivity index is 1.77. The number of allylic oxidation sites excluding steroid dienone is 2. The molecule has 4 aliphatic carbocycles. The van der Waals surface area contributed by atoms with E-state index in [0.29, 0.717) is 17.8 Å². The Bertz CT molecular complexity index is 382. The van der Waals surface area contributed by atoms with Crippen LogP contribution in [0.15, 0.2) is 12.2 Å². The molecule has 1 N–H and O–H groups in total. The lowest BCUT2D eigenvalue weighted by Crippen LogP contribution is -2.39. The van der Waals surface area contributed by atoms with E-state index in [1.165, 1.54) is 6.42 Å². The molecule has 4 aliphatic rings. The molecule has 2 heteroatoms. The van der Waals surface area contributed by atoms with E-state index in [9.17, 15) is 5.11 Å². The molecule has 3 saturated carbocycles. The standard InChI is InChI=1S/C13H15NO/c14-5-10-8-4-9(13(10)15)12-7-2-1-6(3-7)11(8)12/h1-2,6-13,15H,3-4H2. The Morgan fingerprint density at radius 3 is 2.40 bits per heavy atom. The minimum absolute atomic E-state index is 0.0657. The average Bonchev–Trinajstić information content (AvgIpc) is 2.94. The Labute approximate surface area is 89.6 Å². The summed E-state index contributed by atoms with van der Waals surface area (Å²) in [6, 6.07) is 2.34. The van der Waals surface area contributed by atoms with Crippen molar-refractivity contribution >= 4 is 0 Å². The summed E-state index contributed by atoms with van der Waals surface area (Å²) in [6.07, 6.45) is 6.82. The molecule has 0 amide bonds. The van der Waals surface area contributed by atoms with E-state index in [1.54, 1.807) is 0 Å². The van der Waals surface area contributed by atoms with Crippen molar-refractivity contribution < 1.29 is 5.11 Å². The van der Waals surface area contributed by atoms with Gasteiger partial charge in [-0.05, 0) is 48.3 Å². The second-order valence-corrected chi connectivity index (χ2v) is 5.81. The third-order valence-electron chi connectivity index (χ3n) is 5.53. The highest BCUT2D eigenvalue weighted by molar-refractivity contribution is 5.24. The largest absolute Gasteiger partial charge is 0.391 e. The smallest absolute Gasteiger partial charge is 0.0756 e. The first kappa shape index (κ1) is 8.35. The van der Waals surface area contributed by atoms with Gasteiger partial charge >= 0.3 is 0 Å². The zero-order chi connectivity index (χ0) is 10.2. The lowest BCUT2D eigenvalue weighted by Gasteiger charge is -2.37. The van der Waals surface area contributed by atoms with Gasteiger partial charge < -0.3 is 5.11 Å². The number of nitriles is 1. The summed E-state index contributed by atoms with van der Waals surface area (Å²) in [5.41, 5.74) is 0. The van der Waals surface area contributed by atoms with Gasteiger partial charge in [-0.1, -0.05) is 12.2 Å². The monoisotopic (exact) mass is 201 g/mol. The second kappa shape index (κ2) is 2.47. The number of fused-ring (bicyclic) bond motifs is 9. The molecule has 2 nitrogen and oxygen atoms in total. The Hall–Kier alpha value is -0.810. The summed E-state index contributed by atoms with van der Waals surface area (Å²) in [5.74, 6) is 3.78. The van der Waals surface area contributed by atoms with Crippen molar-refractivity contribution in [2.24, 2.45) is 41.4 Å². The maximum Gasteiger partial charge on any atom is 0.0756 e. The van der Waals surface area contributed by atoms with Gasteiger partial charge in [-0.2, -0.15) is 5.26 Å². The van der Waals surface area contributed by atoms with Gasteiger partial charge in [-0.25, -0.2) is 0 Å². The maximum absolute atomic E-state index is 10.1. The summed E-state index contributed by atoms with van der Waals surface area (Å²) >= 11 is 0. The highest BCUT2D eigenvalue weighted by Crippen LogP contribution is 2.66. The van der Waals surface area contributed by atoms with Gasteiger partial charge in [-0.3, -0.25) is 0 Å². The van der Waals surface area contributed by atoms with Crippen molar-refractivity contribution in [1.82, 2.24) is 0 Å². The number of aliphatic hydroxyl groups is 1. The fraction of sp³-hybridized carbons (Fsp3) is 0.769. The zero-order valence-corrected chi connectivity index (χ0v) is 8.58. The lowest BCUT2D eigenvalue weighted by molar-refractivity contribution is 0.0203. The van der Waals surface area contributed by atoms with E-state index in [2.05, 4.69) is 18.2 Å². The Morgan fingerprint density at radius 2 is 1.73 bits per heavy atom. The molecule has 78 valence electrons. The molecule has 8 atom stereocenters. The van der Waals surface area contributed by atoms with E-state index in [1.807, 2.05) is 0 Å². The van der Waals surface area contributed by atoms with Crippen LogP contribution in [0.2, 0.25) is 0 Å². The van der Waals surface area contributed by atoms with Crippen LogP contribution in [0.4, 0.5) is 0 Å². The number of hydrogen-bond acceptors (Lipinski definition) is 2. The normalized spacial score (nSPS) is 63.5. The van der Waals surface area contributed by atoms with Crippen LogP contribution in [0.3, 0.4) is 0 Å². The molecule has 0 aromatic carbocycles. The summed E-state index contributed by atoms with van der Waals surface area (Å²) in [5, 5.41) is 19.2. The lowest BCUT2D eigenvalue weighted by atomic mass is 9.68. The molecule has 0 spiro atoms. The van der Waals surface area contributed by atoms with Gasteiger partial charge in [0.1, 0.15) is 0 Å². The van der Waals surface area contributed by atoms with Crippen LogP contribution in [0.25, 0.3) is 0 Å². The van der Waals surface area contributed by atoms with Gasteiger partial charge in [0.2, 0.25) is 0 Å². The number of hydrogen-bond donors (Lipinski definition) is 1. The SMILES string of the molecule is N#CC1C(O)C2CC1C1C3C=CC(C3)C21. The number of rotatable bonds is 0. The van der Waals surface area contributed by atoms with E-state index in [-0.39, 0.29) is 12.0 Å². The molecule has 0 heterocycles. The van der Waals surface area contributed by atoms with Gasteiger partial charge in [0.15, 0.2) is 0 Å². The maximum atomic E-state index is 10.1. The topological polar surface area (TPSA) is 44.0 Å². The van der Waals surface area contributed by atoms with Gasteiger partial charge in [0.25, 0.3) is 0 Å². The van der Waals surface area contributed by atoms with Gasteiger partial charge in [0, 0.05) is 0 Å². The van der Waals surface area contributed by atoms with E-state index >= 15 is 0 Å². The van der Waals surface area contributed by atoms with Crippen LogP contribution in [0.5, 0.6) is 0 Å². The Kier molecular flexibility index (Phi) is 1.37. The first-order valence-electron chi connectivity index (χ1n) is 6.07. The van der Waals surface area contributed by atoms with Crippen molar-refractivity contribution in [3.05, 3.63) is 12.2 Å². The van der Waals surface area contributed by atoms with E-state index < -0.39 is 0 Å². The summed E-state index contributed by atoms with van der Waals surface area (Å²) in [6.45, 7) is 0. The molecular weight excluding hydrogens is 186 g/mol. The van der Waals surface area contributed by atoms with Crippen molar-refractivity contribution in [3.63, 3.8) is 0 Å². The summed E-state index contributed by atoms with van der Waals surface area (Å²) in [4.78, 5) is 0. The van der Waals surface area contributed by atoms with Crippen molar-refractivity contribution in [1.29, 1.82) is 5.26 Å². The van der Waals surface area contributed by atoms with Crippen molar-refractivity contribution in [2.45, 2.75) is 18.9 Å². The third-order valence-corrected chi connectivity index (χ3v) is 5.53. The third kappa shape index (κ3) is 0.774. The fourth-order valence-corrected chi connectivity index (χ4v) is 5.18. The van der Waals surface area contributed by atoms with Crippen LogP contribution >= 0.6 is 0 Å². The molecule has 4 rings (SSSR count). The first-order valence-corrected chi connectivity index (χ1v) is 6.07. The predicted octanol–water partition coefficient (Wildman–Crippen LogP) is 1.58. The molecule has 8 unspecified atom stereocenters. The van der Waals surface area contributed by atoms with Crippen LogP contribution < -0.4 is 0 Å².